The fourth-order valence-electron chi connectivity index (χ4n) is 3.51. The van der Waals surface area contributed by atoms with Crippen molar-refractivity contribution in [2.75, 3.05) is 13.1 Å². The second kappa shape index (κ2) is 8.81. The molecule has 4 rings (SSSR count). The second-order valence-electron chi connectivity index (χ2n) is 7.14. The fraction of sp³-hybridized carbons (Fsp3) is 0.333. The Morgan fingerprint density at radius 2 is 2.10 bits per heavy atom. The van der Waals surface area contributed by atoms with Crippen LogP contribution in [0.25, 0.3) is 0 Å². The summed E-state index contributed by atoms with van der Waals surface area (Å²) in [7, 11) is 0. The molecular weight excluding hydrogens is 384 g/mol. The molecule has 156 valence electrons. The summed E-state index contributed by atoms with van der Waals surface area (Å²) in [5, 5.41) is 14.1. The van der Waals surface area contributed by atoms with Crippen molar-refractivity contribution in [2.45, 2.75) is 32.5 Å². The summed E-state index contributed by atoms with van der Waals surface area (Å²) in [5.74, 6) is 0.344. The minimum atomic E-state index is -0.595. The minimum absolute atomic E-state index is 0.0932. The van der Waals surface area contributed by atoms with Crippen LogP contribution in [0.3, 0.4) is 0 Å². The molecule has 0 aliphatic carbocycles. The van der Waals surface area contributed by atoms with Gasteiger partial charge in [0.1, 0.15) is 5.75 Å². The van der Waals surface area contributed by atoms with E-state index in [2.05, 4.69) is 20.6 Å². The number of hydrogen-bond acceptors (Lipinski definition) is 5. The first-order chi connectivity index (χ1) is 14.6. The normalized spacial score (nSPS) is 14.1. The maximum Gasteiger partial charge on any atom is 0.272 e. The third-order valence-corrected chi connectivity index (χ3v) is 5.05. The highest BCUT2D eigenvalue weighted by Gasteiger charge is 2.30. The zero-order chi connectivity index (χ0) is 20.9. The van der Waals surface area contributed by atoms with Gasteiger partial charge in [0.2, 0.25) is 0 Å². The van der Waals surface area contributed by atoms with Gasteiger partial charge in [-0.05, 0) is 31.5 Å². The molecule has 1 atom stereocenters. The Labute approximate surface area is 174 Å². The van der Waals surface area contributed by atoms with Gasteiger partial charge >= 0.3 is 0 Å². The van der Waals surface area contributed by atoms with E-state index in [1.54, 1.807) is 22.7 Å². The number of nitrogens with zero attached hydrogens (tertiary/aromatic N) is 4. The van der Waals surface area contributed by atoms with Crippen molar-refractivity contribution in [3.63, 3.8) is 0 Å². The molecule has 0 bridgehead atoms. The molecule has 0 fully saturated rings. The quantitative estimate of drug-likeness (QED) is 0.615. The predicted molar refractivity (Wildman–Crippen MR) is 109 cm³/mol. The molecule has 9 nitrogen and oxygen atoms in total. The fourth-order valence-corrected chi connectivity index (χ4v) is 3.51. The molecule has 1 aliphatic heterocycles. The first-order valence-corrected chi connectivity index (χ1v) is 9.94. The largest absolute Gasteiger partial charge is 0.481 e. The summed E-state index contributed by atoms with van der Waals surface area (Å²) >= 11 is 0. The number of amides is 2. The molecule has 0 spiro atoms. The van der Waals surface area contributed by atoms with Gasteiger partial charge in [-0.1, -0.05) is 18.2 Å². The molecule has 2 aromatic heterocycles. The molecule has 30 heavy (non-hydrogen) atoms. The molecule has 3 aromatic rings. The Bertz CT molecular complexity index is 999. The number of carbonyl (C=O) groups excluding carboxylic acids is 2. The lowest BCUT2D eigenvalue weighted by Crippen LogP contribution is -2.43. The van der Waals surface area contributed by atoms with Gasteiger partial charge in [0, 0.05) is 31.0 Å². The topological polar surface area (TPSA) is 105 Å². The molecule has 0 saturated heterocycles. The number of aromatic nitrogens is 4. The summed E-state index contributed by atoms with van der Waals surface area (Å²) in [4.78, 5) is 27.0. The van der Waals surface area contributed by atoms with Crippen LogP contribution < -0.4 is 10.1 Å². The maximum atomic E-state index is 12.8. The average molecular weight is 408 g/mol. The van der Waals surface area contributed by atoms with E-state index in [9.17, 15) is 9.59 Å². The van der Waals surface area contributed by atoms with Crippen LogP contribution in [-0.2, 0) is 24.3 Å². The number of aromatic amines is 1. The molecule has 9 heteroatoms. The van der Waals surface area contributed by atoms with Crippen LogP contribution in [-0.4, -0.2) is 55.9 Å². The van der Waals surface area contributed by atoms with Crippen molar-refractivity contribution < 1.29 is 14.3 Å². The summed E-state index contributed by atoms with van der Waals surface area (Å²) in [5.41, 5.74) is 2.05. The van der Waals surface area contributed by atoms with Crippen LogP contribution in [0.15, 0.2) is 48.8 Å². The highest BCUT2D eigenvalue weighted by Crippen LogP contribution is 2.21. The Balaban J connectivity index is 1.34. The van der Waals surface area contributed by atoms with Gasteiger partial charge in [-0.3, -0.25) is 19.4 Å². The van der Waals surface area contributed by atoms with Crippen LogP contribution in [0.5, 0.6) is 5.75 Å². The molecular formula is C21H24N6O3. The minimum Gasteiger partial charge on any atom is -0.481 e. The van der Waals surface area contributed by atoms with Gasteiger partial charge in [0.15, 0.2) is 11.8 Å². The van der Waals surface area contributed by atoms with Crippen molar-refractivity contribution >= 4 is 11.8 Å². The summed E-state index contributed by atoms with van der Waals surface area (Å²) < 4.78 is 7.50. The Morgan fingerprint density at radius 1 is 1.27 bits per heavy atom. The van der Waals surface area contributed by atoms with Gasteiger partial charge in [0.25, 0.3) is 11.8 Å². The van der Waals surface area contributed by atoms with E-state index in [1.807, 2.05) is 42.6 Å². The Hall–Kier alpha value is -3.62. The van der Waals surface area contributed by atoms with Crippen molar-refractivity contribution in [1.29, 1.82) is 0 Å². The maximum absolute atomic E-state index is 12.8. The monoisotopic (exact) mass is 408 g/mol. The lowest BCUT2D eigenvalue weighted by Gasteiger charge is -2.29. The SMILES string of the molecule is CC(Oc1ccccc1)C(=O)N1CCc2c(C(=O)NCCn3cccn3)n[nH]c2C1. The number of para-hydroxylation sites is 1. The second-order valence-corrected chi connectivity index (χ2v) is 7.14. The van der Waals surface area contributed by atoms with E-state index < -0.39 is 6.10 Å². The molecule has 3 heterocycles. The van der Waals surface area contributed by atoms with E-state index in [0.717, 1.165) is 11.3 Å². The van der Waals surface area contributed by atoms with Crippen molar-refractivity contribution in [2.24, 2.45) is 0 Å². The lowest BCUT2D eigenvalue weighted by atomic mass is 10.0. The van der Waals surface area contributed by atoms with Gasteiger partial charge in [0.05, 0.1) is 18.8 Å². The smallest absolute Gasteiger partial charge is 0.272 e. The van der Waals surface area contributed by atoms with Gasteiger partial charge < -0.3 is 15.0 Å². The molecule has 0 radical (unpaired) electrons. The van der Waals surface area contributed by atoms with E-state index in [1.165, 1.54) is 0 Å². The first-order valence-electron chi connectivity index (χ1n) is 9.94. The molecule has 2 amide bonds. The number of H-pyrrole nitrogens is 1. The Morgan fingerprint density at radius 3 is 2.87 bits per heavy atom. The predicted octanol–water partition coefficient (Wildman–Crippen LogP) is 1.39. The van der Waals surface area contributed by atoms with Gasteiger partial charge in [-0.25, -0.2) is 0 Å². The van der Waals surface area contributed by atoms with Crippen LogP contribution >= 0.6 is 0 Å². The number of hydrogen-bond donors (Lipinski definition) is 2. The van der Waals surface area contributed by atoms with Crippen molar-refractivity contribution in [3.8, 4) is 5.75 Å². The lowest BCUT2D eigenvalue weighted by molar-refractivity contribution is -0.139. The van der Waals surface area contributed by atoms with Crippen molar-refractivity contribution in [3.05, 3.63) is 65.7 Å². The Kier molecular flexibility index (Phi) is 5.78. The first kappa shape index (κ1) is 19.7. The highest BCUT2D eigenvalue weighted by molar-refractivity contribution is 5.94. The molecule has 0 saturated carbocycles. The number of ether oxygens (including phenoxy) is 1. The summed E-state index contributed by atoms with van der Waals surface area (Å²) in [6, 6.07) is 11.1. The van der Waals surface area contributed by atoms with E-state index >= 15 is 0 Å². The zero-order valence-electron chi connectivity index (χ0n) is 16.7. The third kappa shape index (κ3) is 4.35. The number of carbonyl (C=O) groups is 2. The van der Waals surface area contributed by atoms with Crippen LogP contribution in [0.2, 0.25) is 0 Å². The summed E-state index contributed by atoms with van der Waals surface area (Å²) in [6.45, 7) is 3.69. The zero-order valence-corrected chi connectivity index (χ0v) is 16.7. The molecule has 1 aliphatic rings. The number of fused-ring (bicyclic) bond motifs is 1. The molecule has 2 N–H and O–H groups in total. The van der Waals surface area contributed by atoms with Gasteiger partial charge in [-0.2, -0.15) is 10.2 Å². The van der Waals surface area contributed by atoms with Gasteiger partial charge in [-0.15, -0.1) is 0 Å². The summed E-state index contributed by atoms with van der Waals surface area (Å²) in [6.07, 6.45) is 3.51. The van der Waals surface area contributed by atoms with Crippen LogP contribution in [0.4, 0.5) is 0 Å². The number of nitrogens with one attached hydrogen (secondary N) is 2. The van der Waals surface area contributed by atoms with E-state index in [0.29, 0.717) is 44.0 Å². The highest BCUT2D eigenvalue weighted by atomic mass is 16.5. The molecule has 1 unspecified atom stereocenters. The van der Waals surface area contributed by atoms with Crippen LogP contribution in [0.1, 0.15) is 28.7 Å². The standard InChI is InChI=1S/C21H24N6O3/c1-15(30-16-6-3-2-4-7-16)21(29)26-12-8-17-18(14-26)24-25-19(17)20(28)22-10-13-27-11-5-9-23-27/h2-7,9,11,15H,8,10,12-14H2,1H3,(H,22,28)(H,24,25). The van der Waals surface area contributed by atoms with Crippen molar-refractivity contribution in [1.82, 2.24) is 30.2 Å². The van der Waals surface area contributed by atoms with E-state index in [-0.39, 0.29) is 11.8 Å². The molecule has 1 aromatic carbocycles. The average Bonchev–Trinajstić information content (AvgIpc) is 3.43. The number of rotatable bonds is 7. The van der Waals surface area contributed by atoms with Crippen LogP contribution in [0, 0.1) is 0 Å². The third-order valence-electron chi connectivity index (χ3n) is 5.05. The van der Waals surface area contributed by atoms with E-state index in [4.69, 9.17) is 4.74 Å². The number of benzene rings is 1.